The number of anilines is 1. The summed E-state index contributed by atoms with van der Waals surface area (Å²) in [6.07, 6.45) is 5.44. The van der Waals surface area contributed by atoms with Gasteiger partial charge in [0, 0.05) is 32.1 Å². The number of carbonyl (C=O) groups excluding carboxylic acids is 1. The number of nitrogens with zero attached hydrogens (tertiary/aromatic N) is 4. The lowest BCUT2D eigenvalue weighted by Gasteiger charge is -2.19. The van der Waals surface area contributed by atoms with E-state index < -0.39 is 0 Å². The molecule has 2 aromatic heterocycles. The molecule has 0 bridgehead atoms. The normalized spacial score (nSPS) is 15.2. The Labute approximate surface area is 140 Å². The molecule has 7 heteroatoms. The third kappa shape index (κ3) is 4.26. The minimum Gasteiger partial charge on any atom is -0.339 e. The van der Waals surface area contributed by atoms with Crippen LogP contribution in [0.15, 0.2) is 28.9 Å². The topological polar surface area (TPSA) is 84.2 Å². The number of aromatic nitrogens is 3. The lowest BCUT2D eigenvalue weighted by atomic mass is 10.1. The van der Waals surface area contributed by atoms with Gasteiger partial charge in [0.05, 0.1) is 0 Å². The summed E-state index contributed by atoms with van der Waals surface area (Å²) in [5.74, 6) is 1.55. The molecule has 7 nitrogen and oxygen atoms in total. The van der Waals surface area contributed by atoms with Gasteiger partial charge in [-0.05, 0) is 37.6 Å². The van der Waals surface area contributed by atoms with E-state index in [-0.39, 0.29) is 12.3 Å². The van der Waals surface area contributed by atoms with Crippen LogP contribution in [0.5, 0.6) is 0 Å². The van der Waals surface area contributed by atoms with Crippen molar-refractivity contribution < 1.29 is 9.32 Å². The summed E-state index contributed by atoms with van der Waals surface area (Å²) in [7, 11) is 2.08. The Balaban J connectivity index is 1.52. The predicted molar refractivity (Wildman–Crippen MR) is 90.3 cm³/mol. The van der Waals surface area contributed by atoms with Gasteiger partial charge in [0.2, 0.25) is 11.8 Å². The molecule has 126 valence electrons. The average molecular weight is 327 g/mol. The fourth-order valence-electron chi connectivity index (χ4n) is 2.43. The van der Waals surface area contributed by atoms with Crippen molar-refractivity contribution in [3.05, 3.63) is 41.7 Å². The molecule has 1 aliphatic rings. The van der Waals surface area contributed by atoms with Gasteiger partial charge in [-0.1, -0.05) is 17.3 Å². The third-order valence-corrected chi connectivity index (χ3v) is 3.91. The molecule has 0 aliphatic carbocycles. The number of pyridine rings is 1. The molecule has 24 heavy (non-hydrogen) atoms. The van der Waals surface area contributed by atoms with Gasteiger partial charge < -0.3 is 14.7 Å². The number of likely N-dealkylation sites (N-methyl/N-ethyl adjacent to an activating group) is 1. The van der Waals surface area contributed by atoms with Crippen molar-refractivity contribution in [2.45, 2.75) is 26.2 Å². The van der Waals surface area contributed by atoms with E-state index in [9.17, 15) is 4.79 Å². The quantitative estimate of drug-likeness (QED) is 0.905. The molecule has 0 radical (unpaired) electrons. The monoisotopic (exact) mass is 327 g/mol. The molecule has 0 fully saturated rings. The number of hydrogen-bond donors (Lipinski definition) is 1. The number of hydrogen-bond acceptors (Lipinski definition) is 6. The maximum atomic E-state index is 12.0. The fraction of sp³-hybridized carbons (Fsp3) is 0.412. The molecular weight excluding hydrogens is 306 g/mol. The maximum Gasteiger partial charge on any atom is 0.227 e. The SMILES string of the molecule is Cc1ccc(NC(=O)CCc2nc(C3=CCN(C)CC3)no2)nc1. The summed E-state index contributed by atoms with van der Waals surface area (Å²) in [6, 6.07) is 3.69. The minimum absolute atomic E-state index is 0.121. The van der Waals surface area contributed by atoms with Gasteiger partial charge in [-0.2, -0.15) is 4.98 Å². The molecular formula is C17H21N5O2. The van der Waals surface area contributed by atoms with Gasteiger partial charge in [0.15, 0.2) is 5.82 Å². The van der Waals surface area contributed by atoms with Gasteiger partial charge in [-0.3, -0.25) is 4.79 Å². The van der Waals surface area contributed by atoms with Crippen molar-refractivity contribution in [1.29, 1.82) is 0 Å². The summed E-state index contributed by atoms with van der Waals surface area (Å²) in [5, 5.41) is 6.78. The van der Waals surface area contributed by atoms with E-state index in [4.69, 9.17) is 4.52 Å². The zero-order chi connectivity index (χ0) is 16.9. The van der Waals surface area contributed by atoms with Crippen LogP contribution >= 0.6 is 0 Å². The maximum absolute atomic E-state index is 12.0. The summed E-state index contributed by atoms with van der Waals surface area (Å²) in [6.45, 7) is 3.83. The van der Waals surface area contributed by atoms with Gasteiger partial charge in [-0.15, -0.1) is 0 Å². The Hall–Kier alpha value is -2.54. The fourth-order valence-corrected chi connectivity index (χ4v) is 2.43. The first-order chi connectivity index (χ1) is 11.6. The number of aryl methyl sites for hydroxylation is 2. The molecule has 1 amide bonds. The molecule has 3 heterocycles. The van der Waals surface area contributed by atoms with Crippen molar-refractivity contribution in [3.63, 3.8) is 0 Å². The van der Waals surface area contributed by atoms with E-state index in [0.717, 1.165) is 30.6 Å². The molecule has 2 aromatic rings. The Kier molecular flexibility index (Phi) is 5.00. The Morgan fingerprint density at radius 2 is 2.29 bits per heavy atom. The predicted octanol–water partition coefficient (Wildman–Crippen LogP) is 2.06. The Bertz CT molecular complexity index is 736. The first-order valence-corrected chi connectivity index (χ1v) is 8.03. The number of nitrogens with one attached hydrogen (secondary N) is 1. The lowest BCUT2D eigenvalue weighted by Crippen LogP contribution is -2.23. The van der Waals surface area contributed by atoms with Crippen LogP contribution in [0.4, 0.5) is 5.82 Å². The third-order valence-electron chi connectivity index (χ3n) is 3.91. The van der Waals surface area contributed by atoms with E-state index in [1.165, 1.54) is 0 Å². The molecule has 0 unspecified atom stereocenters. The molecule has 0 atom stereocenters. The molecule has 1 aliphatic heterocycles. The first-order valence-electron chi connectivity index (χ1n) is 8.03. The molecule has 0 aromatic carbocycles. The molecule has 0 saturated carbocycles. The highest BCUT2D eigenvalue weighted by molar-refractivity contribution is 5.89. The summed E-state index contributed by atoms with van der Waals surface area (Å²) < 4.78 is 5.25. The smallest absolute Gasteiger partial charge is 0.227 e. The van der Waals surface area contributed by atoms with Crippen LogP contribution in [0.2, 0.25) is 0 Å². The zero-order valence-electron chi connectivity index (χ0n) is 14.0. The van der Waals surface area contributed by atoms with E-state index in [1.54, 1.807) is 12.3 Å². The second-order valence-electron chi connectivity index (χ2n) is 6.02. The number of carbonyl (C=O) groups is 1. The molecule has 1 N–H and O–H groups in total. The van der Waals surface area contributed by atoms with Crippen LogP contribution < -0.4 is 5.32 Å². The molecule has 3 rings (SSSR count). The highest BCUT2D eigenvalue weighted by atomic mass is 16.5. The van der Waals surface area contributed by atoms with Gasteiger partial charge in [-0.25, -0.2) is 4.98 Å². The van der Waals surface area contributed by atoms with Gasteiger partial charge in [0.25, 0.3) is 0 Å². The van der Waals surface area contributed by atoms with Crippen LogP contribution in [0.3, 0.4) is 0 Å². The largest absolute Gasteiger partial charge is 0.339 e. The lowest BCUT2D eigenvalue weighted by molar-refractivity contribution is -0.116. The Morgan fingerprint density at radius 1 is 1.42 bits per heavy atom. The summed E-state index contributed by atoms with van der Waals surface area (Å²) in [4.78, 5) is 22.7. The van der Waals surface area contributed by atoms with Crippen molar-refractivity contribution in [2.24, 2.45) is 0 Å². The van der Waals surface area contributed by atoms with Gasteiger partial charge in [0.1, 0.15) is 5.82 Å². The van der Waals surface area contributed by atoms with Crippen molar-refractivity contribution in [2.75, 3.05) is 25.5 Å². The standard InChI is InChI=1S/C17H21N5O2/c1-12-3-4-14(18-11-12)19-15(23)5-6-16-20-17(21-24-16)13-7-9-22(2)10-8-13/h3-4,7,11H,5-6,8-10H2,1-2H3,(H,18,19,23). The number of amides is 1. The van der Waals surface area contributed by atoms with Crippen LogP contribution in [0, 0.1) is 6.92 Å². The van der Waals surface area contributed by atoms with E-state index in [1.807, 2.05) is 13.0 Å². The zero-order valence-corrected chi connectivity index (χ0v) is 14.0. The van der Waals surface area contributed by atoms with Crippen LogP contribution in [0.25, 0.3) is 5.57 Å². The summed E-state index contributed by atoms with van der Waals surface area (Å²) in [5.41, 5.74) is 2.16. The second-order valence-corrected chi connectivity index (χ2v) is 6.02. The second kappa shape index (κ2) is 7.35. The van der Waals surface area contributed by atoms with E-state index in [0.29, 0.717) is 24.0 Å². The van der Waals surface area contributed by atoms with Crippen LogP contribution in [-0.2, 0) is 11.2 Å². The van der Waals surface area contributed by atoms with Crippen molar-refractivity contribution >= 4 is 17.3 Å². The van der Waals surface area contributed by atoms with Crippen molar-refractivity contribution in [3.8, 4) is 0 Å². The molecule has 0 spiro atoms. The van der Waals surface area contributed by atoms with Crippen LogP contribution in [-0.4, -0.2) is 46.1 Å². The first kappa shape index (κ1) is 16.3. The van der Waals surface area contributed by atoms with Crippen molar-refractivity contribution in [1.82, 2.24) is 20.0 Å². The van der Waals surface area contributed by atoms with E-state index >= 15 is 0 Å². The Morgan fingerprint density at radius 3 is 3.00 bits per heavy atom. The highest BCUT2D eigenvalue weighted by Gasteiger charge is 2.16. The van der Waals surface area contributed by atoms with Gasteiger partial charge >= 0.3 is 0 Å². The van der Waals surface area contributed by atoms with Crippen LogP contribution in [0.1, 0.15) is 30.1 Å². The molecule has 0 saturated heterocycles. The van der Waals surface area contributed by atoms with E-state index in [2.05, 4.69) is 38.5 Å². The minimum atomic E-state index is -0.121. The average Bonchev–Trinajstić information content (AvgIpc) is 3.05. The summed E-state index contributed by atoms with van der Waals surface area (Å²) >= 11 is 0. The highest BCUT2D eigenvalue weighted by Crippen LogP contribution is 2.19. The number of rotatable bonds is 5.